The van der Waals surface area contributed by atoms with Gasteiger partial charge in [-0.25, -0.2) is 9.67 Å². The molecule has 2 aromatic carbocycles. The van der Waals surface area contributed by atoms with Gasteiger partial charge >= 0.3 is 0 Å². The van der Waals surface area contributed by atoms with Crippen molar-refractivity contribution in [1.29, 1.82) is 0 Å². The average Bonchev–Trinajstić information content (AvgIpc) is 3.14. The maximum absolute atomic E-state index is 12.7. The Hall–Kier alpha value is -3.72. The quantitative estimate of drug-likeness (QED) is 0.356. The van der Waals surface area contributed by atoms with Crippen LogP contribution in [0.3, 0.4) is 0 Å². The second-order valence-electron chi connectivity index (χ2n) is 6.09. The van der Waals surface area contributed by atoms with Gasteiger partial charge in [0.25, 0.3) is 11.2 Å². The predicted octanol–water partition coefficient (Wildman–Crippen LogP) is 3.22. The van der Waals surface area contributed by atoms with Gasteiger partial charge in [0.1, 0.15) is 29.8 Å². The van der Waals surface area contributed by atoms with E-state index in [1.165, 1.54) is 27.8 Å². The minimum absolute atomic E-state index is 0.126. The molecule has 2 aromatic heterocycles. The van der Waals surface area contributed by atoms with Crippen LogP contribution in [-0.2, 0) is 6.54 Å². The van der Waals surface area contributed by atoms with E-state index in [0.29, 0.717) is 10.8 Å². The molecular weight excluding hydrogens is 398 g/mol. The summed E-state index contributed by atoms with van der Waals surface area (Å²) in [6.45, 7) is 0.511. The molecule has 4 aromatic rings. The first-order chi connectivity index (χ1) is 14.0. The van der Waals surface area contributed by atoms with Crippen molar-refractivity contribution in [2.24, 2.45) is 0 Å². The molecule has 0 bridgehead atoms. The summed E-state index contributed by atoms with van der Waals surface area (Å²) in [6, 6.07) is 13.1. The highest BCUT2D eigenvalue weighted by atomic mass is 35.5. The summed E-state index contributed by atoms with van der Waals surface area (Å²) in [5.74, 6) is 0.601. The second kappa shape index (κ2) is 7.72. The third kappa shape index (κ3) is 3.67. The third-order valence-corrected chi connectivity index (χ3v) is 4.49. The van der Waals surface area contributed by atoms with Crippen molar-refractivity contribution in [2.75, 3.05) is 6.61 Å². The molecule has 0 aliphatic rings. The third-order valence-electron chi connectivity index (χ3n) is 4.26. The fourth-order valence-corrected chi connectivity index (χ4v) is 3.08. The Morgan fingerprint density at radius 2 is 2.00 bits per heavy atom. The molecule has 9 nitrogen and oxygen atoms in total. The summed E-state index contributed by atoms with van der Waals surface area (Å²) in [5.41, 5.74) is 0.0469. The molecule has 29 heavy (non-hydrogen) atoms. The Labute approximate surface area is 168 Å². The highest BCUT2D eigenvalue weighted by molar-refractivity contribution is 6.30. The van der Waals surface area contributed by atoms with Gasteiger partial charge in [-0.15, -0.1) is 0 Å². The Kier molecular flexibility index (Phi) is 4.96. The largest absolute Gasteiger partial charge is 0.492 e. The number of fused-ring (bicyclic) bond motifs is 1. The molecule has 0 spiro atoms. The molecule has 0 radical (unpaired) electrons. The van der Waals surface area contributed by atoms with Gasteiger partial charge in [0, 0.05) is 11.1 Å². The fourth-order valence-electron chi connectivity index (χ4n) is 2.90. The van der Waals surface area contributed by atoms with Crippen molar-refractivity contribution in [1.82, 2.24) is 19.3 Å². The topological polar surface area (TPSA) is 105 Å². The van der Waals surface area contributed by atoms with E-state index in [0.717, 1.165) is 0 Å². The Morgan fingerprint density at radius 3 is 2.79 bits per heavy atom. The number of para-hydroxylation sites is 2. The van der Waals surface area contributed by atoms with Gasteiger partial charge < -0.3 is 4.74 Å². The maximum Gasteiger partial charge on any atom is 0.294 e. The van der Waals surface area contributed by atoms with E-state index in [2.05, 4.69) is 10.1 Å². The number of aromatic nitrogens is 4. The van der Waals surface area contributed by atoms with Crippen molar-refractivity contribution >= 4 is 28.3 Å². The monoisotopic (exact) mass is 411 g/mol. The molecule has 0 saturated carbocycles. The van der Waals surface area contributed by atoms with Gasteiger partial charge in [0.05, 0.1) is 17.7 Å². The maximum atomic E-state index is 12.7. The van der Waals surface area contributed by atoms with Crippen molar-refractivity contribution in [3.63, 3.8) is 0 Å². The number of rotatable bonds is 6. The van der Waals surface area contributed by atoms with Gasteiger partial charge in [0.2, 0.25) is 0 Å². The molecule has 146 valence electrons. The van der Waals surface area contributed by atoms with E-state index >= 15 is 0 Å². The van der Waals surface area contributed by atoms with Crippen LogP contribution in [0.5, 0.6) is 5.75 Å². The van der Waals surface area contributed by atoms with Crippen LogP contribution in [0.1, 0.15) is 0 Å². The molecule has 0 saturated heterocycles. The number of hydrogen-bond acceptors (Lipinski definition) is 6. The molecule has 4 rings (SSSR count). The molecule has 0 atom stereocenters. The number of nitrogens with zero attached hydrogens (tertiary/aromatic N) is 5. The molecule has 0 unspecified atom stereocenters. The van der Waals surface area contributed by atoms with Crippen molar-refractivity contribution in [2.45, 2.75) is 6.54 Å². The number of benzene rings is 2. The van der Waals surface area contributed by atoms with E-state index in [1.54, 1.807) is 42.5 Å². The number of hydrogen-bond donors (Lipinski definition) is 0. The summed E-state index contributed by atoms with van der Waals surface area (Å²) in [5, 5.41) is 16.2. The van der Waals surface area contributed by atoms with Crippen LogP contribution in [0.25, 0.3) is 16.7 Å². The van der Waals surface area contributed by atoms with Crippen LogP contribution < -0.4 is 10.3 Å². The lowest BCUT2D eigenvalue weighted by molar-refractivity contribution is -0.384. The minimum Gasteiger partial charge on any atom is -0.492 e. The smallest absolute Gasteiger partial charge is 0.294 e. The van der Waals surface area contributed by atoms with E-state index in [9.17, 15) is 14.9 Å². The van der Waals surface area contributed by atoms with Crippen LogP contribution in [0.4, 0.5) is 5.69 Å². The normalized spacial score (nSPS) is 10.9. The number of halogens is 1. The lowest BCUT2D eigenvalue weighted by Crippen LogP contribution is -2.23. The zero-order valence-electron chi connectivity index (χ0n) is 14.9. The standard InChI is InChI=1S/C19H14ClN5O4/c20-13-4-3-5-14(10-13)29-9-8-23-12-21-18-15(19(23)26)11-22-24(18)16-6-1-2-7-17(16)25(27)28/h1-7,10-12H,8-9H2. The van der Waals surface area contributed by atoms with Crippen molar-refractivity contribution in [3.8, 4) is 11.4 Å². The Morgan fingerprint density at radius 1 is 1.17 bits per heavy atom. The van der Waals surface area contributed by atoms with Gasteiger partial charge in [-0.2, -0.15) is 5.10 Å². The Balaban J connectivity index is 1.61. The fraction of sp³-hybridized carbons (Fsp3) is 0.105. The van der Waals surface area contributed by atoms with Crippen LogP contribution in [0.2, 0.25) is 5.02 Å². The summed E-state index contributed by atoms with van der Waals surface area (Å²) in [6.07, 6.45) is 2.73. The molecule has 2 heterocycles. The first kappa shape index (κ1) is 18.6. The van der Waals surface area contributed by atoms with E-state index in [1.807, 2.05) is 0 Å². The summed E-state index contributed by atoms with van der Waals surface area (Å²) >= 11 is 5.92. The summed E-state index contributed by atoms with van der Waals surface area (Å²) in [4.78, 5) is 27.8. The number of ether oxygens (including phenoxy) is 1. The van der Waals surface area contributed by atoms with Crippen molar-refractivity contribution in [3.05, 3.63) is 86.5 Å². The average molecular weight is 412 g/mol. The van der Waals surface area contributed by atoms with Crippen LogP contribution in [0.15, 0.2) is 65.8 Å². The lowest BCUT2D eigenvalue weighted by Gasteiger charge is -2.08. The molecule has 0 fully saturated rings. The Bertz CT molecular complexity index is 1270. The van der Waals surface area contributed by atoms with Crippen molar-refractivity contribution < 1.29 is 9.66 Å². The van der Waals surface area contributed by atoms with E-state index < -0.39 is 4.92 Å². The molecule has 0 N–H and O–H groups in total. The molecule has 0 aliphatic heterocycles. The van der Waals surface area contributed by atoms with Gasteiger partial charge in [-0.05, 0) is 24.3 Å². The number of nitro groups is 1. The first-order valence-electron chi connectivity index (χ1n) is 8.60. The zero-order chi connectivity index (χ0) is 20.4. The van der Waals surface area contributed by atoms with E-state index in [4.69, 9.17) is 16.3 Å². The zero-order valence-corrected chi connectivity index (χ0v) is 15.7. The molecule has 0 aliphatic carbocycles. The molecular formula is C19H14ClN5O4. The van der Waals surface area contributed by atoms with E-state index in [-0.39, 0.29) is 41.1 Å². The molecule has 0 amide bonds. The minimum atomic E-state index is -0.503. The first-order valence-corrected chi connectivity index (χ1v) is 8.98. The SMILES string of the molecule is O=c1c2cnn(-c3ccccc3[N+](=O)[O-])c2ncn1CCOc1cccc(Cl)c1. The van der Waals surface area contributed by atoms with Gasteiger partial charge in [-0.1, -0.05) is 29.8 Å². The van der Waals surface area contributed by atoms with Crippen LogP contribution in [-0.4, -0.2) is 30.9 Å². The van der Waals surface area contributed by atoms with Crippen LogP contribution in [0, 0.1) is 10.1 Å². The highest BCUT2D eigenvalue weighted by Gasteiger charge is 2.19. The molecule has 10 heteroatoms. The van der Waals surface area contributed by atoms with Gasteiger partial charge in [-0.3, -0.25) is 19.5 Å². The summed E-state index contributed by atoms with van der Waals surface area (Å²) < 4.78 is 8.30. The highest BCUT2D eigenvalue weighted by Crippen LogP contribution is 2.24. The van der Waals surface area contributed by atoms with Crippen LogP contribution >= 0.6 is 11.6 Å². The second-order valence-corrected chi connectivity index (χ2v) is 6.52. The van der Waals surface area contributed by atoms with Gasteiger partial charge in [0.15, 0.2) is 5.65 Å². The predicted molar refractivity (Wildman–Crippen MR) is 107 cm³/mol. The summed E-state index contributed by atoms with van der Waals surface area (Å²) in [7, 11) is 0. The number of nitro benzene ring substituents is 1. The lowest BCUT2D eigenvalue weighted by atomic mass is 10.2.